The van der Waals surface area contributed by atoms with E-state index in [-0.39, 0.29) is 11.8 Å². The number of carbonyl (C=O) groups excluding carboxylic acids is 1. The number of nitrogens with one attached hydrogen (secondary N) is 1. The molecule has 1 aromatic heterocycles. The molecule has 0 fully saturated rings. The average molecular weight is 334 g/mol. The molecule has 128 valence electrons. The monoisotopic (exact) mass is 334 g/mol. The van der Waals surface area contributed by atoms with Crippen molar-refractivity contribution in [2.24, 2.45) is 5.92 Å². The molecule has 1 heterocycles. The summed E-state index contributed by atoms with van der Waals surface area (Å²) in [5.74, 6) is -0.177. The topological polar surface area (TPSA) is 70.7 Å². The molecule has 4 rings (SSSR count). The molecule has 0 saturated heterocycles. The van der Waals surface area contributed by atoms with Crippen molar-refractivity contribution < 1.29 is 4.79 Å². The molecule has 2 aromatic rings. The number of fused-ring (bicyclic) bond motifs is 2. The standard InChI is InChI=1S/C20H22N4O/c1-13(11-24-12-14(9-21)10-22-24)20(25)23-19-17-6-2-4-15(17)8-16-5-3-7-18(16)19/h8,10,12-13H,2-7,11H2,1H3,(H,23,25). The molecule has 0 spiro atoms. The smallest absolute Gasteiger partial charge is 0.229 e. The number of nitriles is 1. The Morgan fingerprint density at radius 3 is 2.56 bits per heavy atom. The van der Waals surface area contributed by atoms with Gasteiger partial charge >= 0.3 is 0 Å². The molecule has 2 aliphatic carbocycles. The Bertz CT molecular complexity index is 842. The maximum Gasteiger partial charge on any atom is 0.229 e. The minimum Gasteiger partial charge on any atom is -0.325 e. The third-order valence-electron chi connectivity index (χ3n) is 5.39. The SMILES string of the molecule is CC(Cn1cc(C#N)cn1)C(=O)Nc1c2c(cc3c1CCC3)CCC2. The lowest BCUT2D eigenvalue weighted by Crippen LogP contribution is -2.25. The van der Waals surface area contributed by atoms with E-state index >= 15 is 0 Å². The fraction of sp³-hybridized carbons (Fsp3) is 0.450. The molecule has 1 aromatic carbocycles. The molecule has 0 aliphatic heterocycles. The lowest BCUT2D eigenvalue weighted by Gasteiger charge is -2.18. The number of hydrogen-bond acceptors (Lipinski definition) is 3. The van der Waals surface area contributed by atoms with Gasteiger partial charge in [0, 0.05) is 11.9 Å². The van der Waals surface area contributed by atoms with Crippen LogP contribution in [0.15, 0.2) is 18.5 Å². The van der Waals surface area contributed by atoms with Crippen LogP contribution in [0, 0.1) is 17.2 Å². The number of hydrogen-bond donors (Lipinski definition) is 1. The van der Waals surface area contributed by atoms with Gasteiger partial charge in [-0.15, -0.1) is 0 Å². The minimum absolute atomic E-state index is 0.0309. The van der Waals surface area contributed by atoms with Gasteiger partial charge in [-0.3, -0.25) is 9.48 Å². The van der Waals surface area contributed by atoms with Crippen LogP contribution in [0.4, 0.5) is 5.69 Å². The van der Waals surface area contributed by atoms with Crippen molar-refractivity contribution in [1.82, 2.24) is 9.78 Å². The van der Waals surface area contributed by atoms with Crippen LogP contribution in [0.5, 0.6) is 0 Å². The van der Waals surface area contributed by atoms with E-state index in [9.17, 15) is 4.79 Å². The van der Waals surface area contributed by atoms with Crippen LogP contribution in [0.25, 0.3) is 0 Å². The maximum absolute atomic E-state index is 12.8. The number of carbonyl (C=O) groups is 1. The quantitative estimate of drug-likeness (QED) is 0.934. The van der Waals surface area contributed by atoms with E-state index in [2.05, 4.69) is 22.6 Å². The summed E-state index contributed by atoms with van der Waals surface area (Å²) >= 11 is 0. The van der Waals surface area contributed by atoms with Crippen LogP contribution in [0.1, 0.15) is 47.6 Å². The number of benzene rings is 1. The van der Waals surface area contributed by atoms with Gasteiger partial charge in [-0.2, -0.15) is 10.4 Å². The van der Waals surface area contributed by atoms with E-state index in [4.69, 9.17) is 5.26 Å². The molecular weight excluding hydrogens is 312 g/mol. The first-order valence-corrected chi connectivity index (χ1v) is 9.05. The van der Waals surface area contributed by atoms with Crippen molar-refractivity contribution in [1.29, 1.82) is 5.26 Å². The van der Waals surface area contributed by atoms with E-state index in [1.54, 1.807) is 10.9 Å². The van der Waals surface area contributed by atoms with Crippen LogP contribution >= 0.6 is 0 Å². The first-order chi connectivity index (χ1) is 12.2. The summed E-state index contributed by atoms with van der Waals surface area (Å²) in [5, 5.41) is 16.3. The molecule has 1 amide bonds. The third-order valence-corrected chi connectivity index (χ3v) is 5.39. The zero-order valence-corrected chi connectivity index (χ0v) is 14.5. The number of rotatable bonds is 4. The molecule has 0 radical (unpaired) electrons. The van der Waals surface area contributed by atoms with E-state index < -0.39 is 0 Å². The summed E-state index contributed by atoms with van der Waals surface area (Å²) in [7, 11) is 0. The highest BCUT2D eigenvalue weighted by atomic mass is 16.1. The van der Waals surface area contributed by atoms with Crippen LogP contribution in [0.2, 0.25) is 0 Å². The number of anilines is 1. The summed E-state index contributed by atoms with van der Waals surface area (Å²) in [4.78, 5) is 12.8. The third kappa shape index (κ3) is 2.93. The first-order valence-electron chi connectivity index (χ1n) is 9.05. The van der Waals surface area contributed by atoms with Crippen LogP contribution in [-0.2, 0) is 37.0 Å². The Kier molecular flexibility index (Phi) is 4.04. The molecule has 2 aliphatic rings. The number of aryl methyl sites for hydroxylation is 2. The second-order valence-electron chi connectivity index (χ2n) is 7.19. The van der Waals surface area contributed by atoms with Gasteiger partial charge < -0.3 is 5.32 Å². The van der Waals surface area contributed by atoms with Gasteiger partial charge in [0.25, 0.3) is 0 Å². The van der Waals surface area contributed by atoms with Crippen LogP contribution in [0.3, 0.4) is 0 Å². The number of aromatic nitrogens is 2. The van der Waals surface area contributed by atoms with Crippen LogP contribution in [-0.4, -0.2) is 15.7 Å². The van der Waals surface area contributed by atoms with Gasteiger partial charge in [0.15, 0.2) is 0 Å². The molecule has 25 heavy (non-hydrogen) atoms. The highest BCUT2D eigenvalue weighted by molar-refractivity contribution is 5.94. The second kappa shape index (κ2) is 6.36. The normalized spacial score (nSPS) is 16.2. The summed E-state index contributed by atoms with van der Waals surface area (Å²) in [5.41, 5.74) is 7.17. The molecule has 5 nitrogen and oxygen atoms in total. The molecule has 5 heteroatoms. The van der Waals surface area contributed by atoms with Crippen molar-refractivity contribution >= 4 is 11.6 Å². The Balaban J connectivity index is 1.54. The zero-order valence-electron chi connectivity index (χ0n) is 14.5. The molecule has 0 saturated carbocycles. The Morgan fingerprint density at radius 2 is 1.96 bits per heavy atom. The lowest BCUT2D eigenvalue weighted by molar-refractivity contribution is -0.119. The Morgan fingerprint density at radius 1 is 1.28 bits per heavy atom. The summed E-state index contributed by atoms with van der Waals surface area (Å²) in [6, 6.07) is 4.43. The number of amides is 1. The summed E-state index contributed by atoms with van der Waals surface area (Å²) in [6.45, 7) is 2.39. The van der Waals surface area contributed by atoms with E-state index in [1.165, 1.54) is 41.3 Å². The number of nitrogens with zero attached hydrogens (tertiary/aromatic N) is 3. The lowest BCUT2D eigenvalue weighted by atomic mass is 9.98. The molecular formula is C20H22N4O. The van der Waals surface area contributed by atoms with Crippen molar-refractivity contribution in [2.75, 3.05) is 5.32 Å². The predicted octanol–water partition coefficient (Wildman–Crippen LogP) is 3.01. The highest BCUT2D eigenvalue weighted by Gasteiger charge is 2.26. The fourth-order valence-corrected chi connectivity index (χ4v) is 4.10. The summed E-state index contributed by atoms with van der Waals surface area (Å²) < 4.78 is 1.67. The van der Waals surface area contributed by atoms with Gasteiger partial charge in [-0.05, 0) is 60.8 Å². The maximum atomic E-state index is 12.8. The minimum atomic E-state index is -0.208. The van der Waals surface area contributed by atoms with Crippen molar-refractivity contribution in [3.8, 4) is 6.07 Å². The van der Waals surface area contributed by atoms with Crippen molar-refractivity contribution in [3.63, 3.8) is 0 Å². The zero-order chi connectivity index (χ0) is 17.4. The van der Waals surface area contributed by atoms with Crippen molar-refractivity contribution in [2.45, 2.75) is 52.0 Å². The molecule has 1 N–H and O–H groups in total. The Labute approximate surface area is 147 Å². The second-order valence-corrected chi connectivity index (χ2v) is 7.19. The predicted molar refractivity (Wildman–Crippen MR) is 95.2 cm³/mol. The first kappa shape index (κ1) is 15.9. The van der Waals surface area contributed by atoms with Gasteiger partial charge in [-0.1, -0.05) is 13.0 Å². The van der Waals surface area contributed by atoms with Crippen LogP contribution < -0.4 is 5.32 Å². The average Bonchev–Trinajstić information content (AvgIpc) is 3.34. The molecule has 1 unspecified atom stereocenters. The molecule has 1 atom stereocenters. The van der Waals surface area contributed by atoms with E-state index in [0.29, 0.717) is 12.1 Å². The highest BCUT2D eigenvalue weighted by Crippen LogP contribution is 2.38. The van der Waals surface area contributed by atoms with Gasteiger partial charge in [0.2, 0.25) is 5.91 Å². The van der Waals surface area contributed by atoms with E-state index in [0.717, 1.165) is 31.4 Å². The largest absolute Gasteiger partial charge is 0.325 e. The van der Waals surface area contributed by atoms with Gasteiger partial charge in [0.1, 0.15) is 6.07 Å². The summed E-state index contributed by atoms with van der Waals surface area (Å²) in [6.07, 6.45) is 9.97. The molecule has 0 bridgehead atoms. The van der Waals surface area contributed by atoms with E-state index in [1.807, 2.05) is 6.92 Å². The fourth-order valence-electron chi connectivity index (χ4n) is 4.10. The Hall–Kier alpha value is -2.61. The van der Waals surface area contributed by atoms with Gasteiger partial charge in [0.05, 0.1) is 24.2 Å². The van der Waals surface area contributed by atoms with Crippen molar-refractivity contribution in [3.05, 3.63) is 46.3 Å². The van der Waals surface area contributed by atoms with Gasteiger partial charge in [-0.25, -0.2) is 0 Å².